The topological polar surface area (TPSA) is 74.8 Å². The van der Waals surface area contributed by atoms with Crippen molar-refractivity contribution in [3.05, 3.63) is 85.4 Å². The van der Waals surface area contributed by atoms with Crippen LogP contribution in [-0.2, 0) is 10.5 Å². The molecule has 1 unspecified atom stereocenters. The SMILES string of the molecule is Cc1ccc(CSc2nc3c(c(=O)[nH]2)C(c2cc(Br)ccc2F)CC(=O)N3)cc1. The maximum absolute atomic E-state index is 14.4. The lowest BCUT2D eigenvalue weighted by Gasteiger charge is -2.25. The van der Waals surface area contributed by atoms with E-state index in [1.807, 2.05) is 31.2 Å². The average molecular weight is 474 g/mol. The molecule has 2 N–H and O–H groups in total. The van der Waals surface area contributed by atoms with Crippen LogP contribution in [0.2, 0.25) is 0 Å². The van der Waals surface area contributed by atoms with Crippen molar-refractivity contribution in [1.29, 1.82) is 0 Å². The van der Waals surface area contributed by atoms with E-state index in [2.05, 4.69) is 31.2 Å². The van der Waals surface area contributed by atoms with Crippen LogP contribution in [0.15, 0.2) is 56.9 Å². The number of H-pyrrole nitrogens is 1. The number of hydrogen-bond donors (Lipinski definition) is 2. The Balaban J connectivity index is 1.67. The van der Waals surface area contributed by atoms with Crippen LogP contribution in [0.3, 0.4) is 0 Å². The lowest BCUT2D eigenvalue weighted by atomic mass is 9.86. The molecule has 148 valence electrons. The van der Waals surface area contributed by atoms with Crippen LogP contribution in [0, 0.1) is 12.7 Å². The molecule has 1 aliphatic heterocycles. The Hall–Kier alpha value is -2.45. The number of hydrogen-bond acceptors (Lipinski definition) is 4. The zero-order chi connectivity index (χ0) is 20.5. The normalized spacial score (nSPS) is 15.7. The van der Waals surface area contributed by atoms with Crippen molar-refractivity contribution >= 4 is 39.4 Å². The summed E-state index contributed by atoms with van der Waals surface area (Å²) in [5.74, 6) is -0.630. The molecule has 0 saturated carbocycles. The number of aromatic amines is 1. The van der Waals surface area contributed by atoms with Gasteiger partial charge in [0, 0.05) is 22.6 Å². The van der Waals surface area contributed by atoms with Crippen LogP contribution < -0.4 is 10.9 Å². The lowest BCUT2D eigenvalue weighted by molar-refractivity contribution is -0.116. The van der Waals surface area contributed by atoms with Crippen LogP contribution in [0.5, 0.6) is 0 Å². The minimum atomic E-state index is -0.691. The fourth-order valence-electron chi connectivity index (χ4n) is 3.30. The Bertz CT molecular complexity index is 1150. The van der Waals surface area contributed by atoms with E-state index in [0.29, 0.717) is 20.9 Å². The number of thioether (sulfide) groups is 1. The molecule has 0 aliphatic carbocycles. The van der Waals surface area contributed by atoms with Gasteiger partial charge in [-0.05, 0) is 36.2 Å². The first kappa shape index (κ1) is 19.8. The number of aryl methyl sites for hydroxylation is 1. The van der Waals surface area contributed by atoms with Gasteiger partial charge in [-0.25, -0.2) is 9.37 Å². The van der Waals surface area contributed by atoms with Crippen LogP contribution in [0.25, 0.3) is 0 Å². The molecule has 3 aromatic rings. The molecule has 29 heavy (non-hydrogen) atoms. The summed E-state index contributed by atoms with van der Waals surface area (Å²) in [5.41, 5.74) is 2.47. The molecule has 1 atom stereocenters. The van der Waals surface area contributed by atoms with Crippen molar-refractivity contribution in [1.82, 2.24) is 9.97 Å². The molecule has 1 aliphatic rings. The molecule has 2 aromatic carbocycles. The van der Waals surface area contributed by atoms with Gasteiger partial charge in [0.15, 0.2) is 5.16 Å². The van der Waals surface area contributed by atoms with Gasteiger partial charge in [-0.15, -0.1) is 0 Å². The standard InChI is InChI=1S/C21H17BrFN3O2S/c1-11-2-4-12(5-3-11)10-29-21-25-19-18(20(28)26-21)15(9-17(27)24-19)14-8-13(22)6-7-16(14)23/h2-8,15H,9-10H2,1H3,(H2,24,25,26,27,28). The smallest absolute Gasteiger partial charge is 0.257 e. The summed E-state index contributed by atoms with van der Waals surface area (Å²) in [6.45, 7) is 2.02. The highest BCUT2D eigenvalue weighted by atomic mass is 79.9. The summed E-state index contributed by atoms with van der Waals surface area (Å²) in [4.78, 5) is 32.3. The number of rotatable bonds is 4. The van der Waals surface area contributed by atoms with E-state index in [0.717, 1.165) is 5.56 Å². The van der Waals surface area contributed by atoms with Crippen molar-refractivity contribution in [3.63, 3.8) is 0 Å². The first-order valence-corrected chi connectivity index (χ1v) is 10.8. The summed E-state index contributed by atoms with van der Waals surface area (Å²) < 4.78 is 15.1. The molecule has 8 heteroatoms. The Kier molecular flexibility index (Phi) is 5.56. The summed E-state index contributed by atoms with van der Waals surface area (Å²) in [7, 11) is 0. The monoisotopic (exact) mass is 473 g/mol. The van der Waals surface area contributed by atoms with Gasteiger partial charge in [0.05, 0.1) is 5.56 Å². The van der Waals surface area contributed by atoms with Gasteiger partial charge in [-0.2, -0.15) is 0 Å². The van der Waals surface area contributed by atoms with Crippen molar-refractivity contribution in [2.75, 3.05) is 5.32 Å². The van der Waals surface area contributed by atoms with Gasteiger partial charge >= 0.3 is 0 Å². The second-order valence-corrected chi connectivity index (χ2v) is 8.76. The number of anilines is 1. The maximum atomic E-state index is 14.4. The molecule has 0 radical (unpaired) electrons. The molecule has 1 amide bonds. The molecule has 0 fully saturated rings. The van der Waals surface area contributed by atoms with Gasteiger partial charge in [0.1, 0.15) is 11.6 Å². The predicted octanol–water partition coefficient (Wildman–Crippen LogP) is 4.75. The van der Waals surface area contributed by atoms with Crippen molar-refractivity contribution in [2.24, 2.45) is 0 Å². The van der Waals surface area contributed by atoms with Gasteiger partial charge in [0.2, 0.25) is 5.91 Å². The minimum Gasteiger partial charge on any atom is -0.310 e. The maximum Gasteiger partial charge on any atom is 0.257 e. The van der Waals surface area contributed by atoms with E-state index in [-0.39, 0.29) is 29.3 Å². The zero-order valence-electron chi connectivity index (χ0n) is 15.5. The van der Waals surface area contributed by atoms with Crippen molar-refractivity contribution in [2.45, 2.75) is 30.2 Å². The number of fused-ring (bicyclic) bond motifs is 1. The minimum absolute atomic E-state index is 0.0129. The largest absolute Gasteiger partial charge is 0.310 e. The molecule has 0 bridgehead atoms. The van der Waals surface area contributed by atoms with E-state index in [4.69, 9.17) is 0 Å². The van der Waals surface area contributed by atoms with E-state index in [9.17, 15) is 14.0 Å². The van der Waals surface area contributed by atoms with Crippen LogP contribution in [0.4, 0.5) is 10.2 Å². The predicted molar refractivity (Wildman–Crippen MR) is 115 cm³/mol. The van der Waals surface area contributed by atoms with E-state index < -0.39 is 11.7 Å². The Morgan fingerprint density at radius 2 is 1.97 bits per heavy atom. The molecular formula is C21H17BrFN3O2S. The molecule has 0 saturated heterocycles. The number of nitrogens with zero attached hydrogens (tertiary/aromatic N) is 1. The second kappa shape index (κ2) is 8.12. The Labute approximate surface area is 179 Å². The molecule has 5 nitrogen and oxygen atoms in total. The fourth-order valence-corrected chi connectivity index (χ4v) is 4.50. The third kappa shape index (κ3) is 4.28. The lowest BCUT2D eigenvalue weighted by Crippen LogP contribution is -2.31. The van der Waals surface area contributed by atoms with E-state index in [1.165, 1.54) is 23.4 Å². The van der Waals surface area contributed by atoms with Gasteiger partial charge in [-0.3, -0.25) is 9.59 Å². The Morgan fingerprint density at radius 1 is 1.21 bits per heavy atom. The Morgan fingerprint density at radius 3 is 2.72 bits per heavy atom. The quantitative estimate of drug-likeness (QED) is 0.423. The third-order valence-corrected chi connectivity index (χ3v) is 6.20. The number of carbonyl (C=O) groups excluding carboxylic acids is 1. The molecule has 4 rings (SSSR count). The number of benzene rings is 2. The van der Waals surface area contributed by atoms with Gasteiger partial charge in [-0.1, -0.05) is 57.5 Å². The molecular weight excluding hydrogens is 457 g/mol. The number of amides is 1. The van der Waals surface area contributed by atoms with Crippen LogP contribution in [0.1, 0.15) is 34.6 Å². The molecule has 2 heterocycles. The zero-order valence-corrected chi connectivity index (χ0v) is 17.9. The first-order valence-electron chi connectivity index (χ1n) is 8.98. The highest BCUT2D eigenvalue weighted by Crippen LogP contribution is 2.36. The van der Waals surface area contributed by atoms with Crippen LogP contribution >= 0.6 is 27.7 Å². The van der Waals surface area contributed by atoms with E-state index >= 15 is 0 Å². The highest BCUT2D eigenvalue weighted by molar-refractivity contribution is 9.10. The fraction of sp³-hybridized carbons (Fsp3) is 0.190. The highest BCUT2D eigenvalue weighted by Gasteiger charge is 2.32. The molecule has 1 aromatic heterocycles. The summed E-state index contributed by atoms with van der Waals surface area (Å²) >= 11 is 4.69. The van der Waals surface area contributed by atoms with Gasteiger partial charge < -0.3 is 10.3 Å². The number of halogens is 2. The number of carbonyl (C=O) groups is 1. The van der Waals surface area contributed by atoms with Crippen LogP contribution in [-0.4, -0.2) is 15.9 Å². The summed E-state index contributed by atoms with van der Waals surface area (Å²) in [5, 5.41) is 3.07. The van der Waals surface area contributed by atoms with Crippen molar-refractivity contribution in [3.8, 4) is 0 Å². The summed E-state index contributed by atoms with van der Waals surface area (Å²) in [6.07, 6.45) is -0.0129. The van der Waals surface area contributed by atoms with Crippen molar-refractivity contribution < 1.29 is 9.18 Å². The first-order chi connectivity index (χ1) is 13.9. The third-order valence-electron chi connectivity index (χ3n) is 4.76. The average Bonchev–Trinajstić information content (AvgIpc) is 2.68. The van der Waals surface area contributed by atoms with Gasteiger partial charge in [0.25, 0.3) is 5.56 Å². The number of aromatic nitrogens is 2. The second-order valence-electron chi connectivity index (χ2n) is 6.88. The van der Waals surface area contributed by atoms with E-state index in [1.54, 1.807) is 12.1 Å². The molecule has 0 spiro atoms. The summed E-state index contributed by atoms with van der Waals surface area (Å²) in [6, 6.07) is 12.6. The number of nitrogens with one attached hydrogen (secondary N) is 2.